The van der Waals surface area contributed by atoms with Gasteiger partial charge in [0.25, 0.3) is 0 Å². The van der Waals surface area contributed by atoms with Crippen molar-refractivity contribution in [2.75, 3.05) is 32.5 Å². The standard InChI is InChI=1S/C13H26N2O3S/c1-11-13(2,6-8-18-11)14-9-12-5-4-7-15(10-12)19(3,16)17/h11-12,14H,4-10H2,1-3H3. The molecule has 2 aliphatic rings. The lowest BCUT2D eigenvalue weighted by molar-refractivity contribution is 0.0856. The molecular weight excluding hydrogens is 264 g/mol. The quantitative estimate of drug-likeness (QED) is 0.832. The Morgan fingerprint density at radius 3 is 2.79 bits per heavy atom. The van der Waals surface area contributed by atoms with E-state index in [-0.39, 0.29) is 11.6 Å². The molecule has 1 N–H and O–H groups in total. The first-order valence-electron chi connectivity index (χ1n) is 7.13. The molecule has 0 aromatic carbocycles. The Balaban J connectivity index is 1.86. The highest BCUT2D eigenvalue weighted by atomic mass is 32.2. The third kappa shape index (κ3) is 3.68. The summed E-state index contributed by atoms with van der Waals surface area (Å²) in [7, 11) is -3.04. The van der Waals surface area contributed by atoms with Crippen LogP contribution in [0.2, 0.25) is 0 Å². The predicted molar refractivity (Wildman–Crippen MR) is 75.6 cm³/mol. The molecule has 2 saturated heterocycles. The zero-order chi connectivity index (χ0) is 14.1. The summed E-state index contributed by atoms with van der Waals surface area (Å²) in [6, 6.07) is 0. The van der Waals surface area contributed by atoms with Crippen LogP contribution in [0, 0.1) is 5.92 Å². The minimum Gasteiger partial charge on any atom is -0.377 e. The molecule has 2 fully saturated rings. The van der Waals surface area contributed by atoms with Gasteiger partial charge in [-0.2, -0.15) is 0 Å². The Bertz CT molecular complexity index is 412. The van der Waals surface area contributed by atoms with Crippen LogP contribution in [0.5, 0.6) is 0 Å². The van der Waals surface area contributed by atoms with E-state index < -0.39 is 10.0 Å². The fourth-order valence-corrected chi connectivity index (χ4v) is 3.88. The summed E-state index contributed by atoms with van der Waals surface area (Å²) in [5.41, 5.74) is 0.0351. The minimum atomic E-state index is -3.04. The smallest absolute Gasteiger partial charge is 0.211 e. The van der Waals surface area contributed by atoms with Crippen LogP contribution in [0.15, 0.2) is 0 Å². The second-order valence-corrected chi connectivity index (χ2v) is 8.17. The molecule has 0 aromatic heterocycles. The zero-order valence-corrected chi connectivity index (χ0v) is 13.0. The first kappa shape index (κ1) is 15.2. The number of hydrogen-bond donors (Lipinski definition) is 1. The maximum absolute atomic E-state index is 11.6. The molecule has 0 amide bonds. The van der Waals surface area contributed by atoms with Crippen molar-refractivity contribution in [3.05, 3.63) is 0 Å². The Morgan fingerprint density at radius 1 is 1.47 bits per heavy atom. The van der Waals surface area contributed by atoms with Crippen molar-refractivity contribution in [1.82, 2.24) is 9.62 Å². The molecule has 2 heterocycles. The van der Waals surface area contributed by atoms with E-state index in [2.05, 4.69) is 19.2 Å². The Kier molecular flexibility index (Phi) is 4.55. The van der Waals surface area contributed by atoms with E-state index in [0.29, 0.717) is 19.0 Å². The highest BCUT2D eigenvalue weighted by molar-refractivity contribution is 7.88. The molecule has 3 atom stereocenters. The van der Waals surface area contributed by atoms with Gasteiger partial charge in [0.05, 0.1) is 12.4 Å². The number of piperidine rings is 1. The summed E-state index contributed by atoms with van der Waals surface area (Å²) < 4.78 is 30.4. The van der Waals surface area contributed by atoms with Crippen LogP contribution in [0.3, 0.4) is 0 Å². The van der Waals surface area contributed by atoms with Gasteiger partial charge in [-0.1, -0.05) is 0 Å². The molecule has 0 radical (unpaired) electrons. The van der Waals surface area contributed by atoms with Gasteiger partial charge in [0.15, 0.2) is 0 Å². The highest BCUT2D eigenvalue weighted by Gasteiger charge is 2.37. The van der Waals surface area contributed by atoms with Crippen LogP contribution in [-0.2, 0) is 14.8 Å². The summed E-state index contributed by atoms with van der Waals surface area (Å²) in [5, 5.41) is 3.60. The van der Waals surface area contributed by atoms with Crippen molar-refractivity contribution < 1.29 is 13.2 Å². The second-order valence-electron chi connectivity index (χ2n) is 6.19. The van der Waals surface area contributed by atoms with E-state index in [1.54, 1.807) is 4.31 Å². The number of ether oxygens (including phenoxy) is 1. The van der Waals surface area contributed by atoms with Crippen molar-refractivity contribution in [3.63, 3.8) is 0 Å². The normalized spacial score (nSPS) is 37.6. The molecule has 19 heavy (non-hydrogen) atoms. The maximum Gasteiger partial charge on any atom is 0.211 e. The van der Waals surface area contributed by atoms with Crippen molar-refractivity contribution in [1.29, 1.82) is 0 Å². The minimum absolute atomic E-state index is 0.0351. The zero-order valence-electron chi connectivity index (χ0n) is 12.2. The van der Waals surface area contributed by atoms with Gasteiger partial charge in [0, 0.05) is 25.2 Å². The monoisotopic (exact) mass is 290 g/mol. The summed E-state index contributed by atoms with van der Waals surface area (Å²) in [5.74, 6) is 0.410. The Labute approximate surface area is 116 Å². The molecule has 0 saturated carbocycles. The lowest BCUT2D eigenvalue weighted by Gasteiger charge is -2.35. The molecule has 0 aromatic rings. The summed E-state index contributed by atoms with van der Waals surface area (Å²) in [4.78, 5) is 0. The summed E-state index contributed by atoms with van der Waals surface area (Å²) >= 11 is 0. The first-order chi connectivity index (χ1) is 8.81. The fourth-order valence-electron chi connectivity index (χ4n) is 2.94. The van der Waals surface area contributed by atoms with Crippen molar-refractivity contribution >= 4 is 10.0 Å². The van der Waals surface area contributed by atoms with Crippen LogP contribution in [0.25, 0.3) is 0 Å². The summed E-state index contributed by atoms with van der Waals surface area (Å²) in [6.07, 6.45) is 4.61. The molecule has 5 nitrogen and oxygen atoms in total. The van der Waals surface area contributed by atoms with Crippen LogP contribution in [-0.4, -0.2) is 56.9 Å². The topological polar surface area (TPSA) is 58.6 Å². The van der Waals surface area contributed by atoms with Crippen molar-refractivity contribution in [2.45, 2.75) is 44.8 Å². The van der Waals surface area contributed by atoms with Gasteiger partial charge in [-0.25, -0.2) is 12.7 Å². The number of hydrogen-bond acceptors (Lipinski definition) is 4. The maximum atomic E-state index is 11.6. The Hall–Kier alpha value is -0.170. The largest absolute Gasteiger partial charge is 0.377 e. The molecule has 0 spiro atoms. The number of nitrogens with one attached hydrogen (secondary N) is 1. The predicted octanol–water partition coefficient (Wildman–Crippen LogP) is 0.815. The summed E-state index contributed by atoms with van der Waals surface area (Å²) in [6.45, 7) is 7.30. The van der Waals surface area contributed by atoms with Gasteiger partial charge in [-0.3, -0.25) is 0 Å². The van der Waals surface area contributed by atoms with E-state index in [0.717, 1.165) is 32.4 Å². The lowest BCUT2D eigenvalue weighted by atomic mass is 9.92. The molecule has 0 bridgehead atoms. The van der Waals surface area contributed by atoms with Gasteiger partial charge < -0.3 is 10.1 Å². The first-order valence-corrected chi connectivity index (χ1v) is 8.98. The van der Waals surface area contributed by atoms with E-state index in [1.807, 2.05) is 0 Å². The van der Waals surface area contributed by atoms with Crippen LogP contribution in [0.1, 0.15) is 33.1 Å². The number of rotatable bonds is 4. The molecular formula is C13H26N2O3S. The van der Waals surface area contributed by atoms with Gasteiger partial charge in [0.2, 0.25) is 10.0 Å². The lowest BCUT2D eigenvalue weighted by Crippen LogP contribution is -2.51. The van der Waals surface area contributed by atoms with Crippen LogP contribution >= 0.6 is 0 Å². The van der Waals surface area contributed by atoms with E-state index in [1.165, 1.54) is 6.26 Å². The average molecular weight is 290 g/mol. The van der Waals surface area contributed by atoms with Gasteiger partial charge in [-0.15, -0.1) is 0 Å². The van der Waals surface area contributed by atoms with Crippen LogP contribution < -0.4 is 5.32 Å². The Morgan fingerprint density at radius 2 is 2.21 bits per heavy atom. The second kappa shape index (κ2) is 5.68. The molecule has 2 rings (SSSR count). The van der Waals surface area contributed by atoms with Crippen molar-refractivity contribution in [3.8, 4) is 0 Å². The van der Waals surface area contributed by atoms with Crippen molar-refractivity contribution in [2.24, 2.45) is 5.92 Å². The molecule has 2 aliphatic heterocycles. The van der Waals surface area contributed by atoms with Gasteiger partial charge in [0.1, 0.15) is 0 Å². The molecule has 3 unspecified atom stereocenters. The van der Waals surface area contributed by atoms with E-state index in [4.69, 9.17) is 4.74 Å². The molecule has 6 heteroatoms. The number of nitrogens with zero attached hydrogens (tertiary/aromatic N) is 1. The average Bonchev–Trinajstić information content (AvgIpc) is 2.67. The van der Waals surface area contributed by atoms with Gasteiger partial charge in [-0.05, 0) is 45.6 Å². The molecule has 0 aliphatic carbocycles. The third-order valence-corrected chi connectivity index (χ3v) is 5.90. The highest BCUT2D eigenvalue weighted by Crippen LogP contribution is 2.26. The fraction of sp³-hybridized carbons (Fsp3) is 1.00. The number of sulfonamides is 1. The van der Waals surface area contributed by atoms with E-state index >= 15 is 0 Å². The van der Waals surface area contributed by atoms with Gasteiger partial charge >= 0.3 is 0 Å². The molecule has 112 valence electrons. The third-order valence-electron chi connectivity index (χ3n) is 4.63. The SMILES string of the molecule is CC1OCCC1(C)NCC1CCCN(S(C)(=O)=O)C1. The van der Waals surface area contributed by atoms with E-state index in [9.17, 15) is 8.42 Å². The van der Waals surface area contributed by atoms with Crippen LogP contribution in [0.4, 0.5) is 0 Å².